The zero-order valence-corrected chi connectivity index (χ0v) is 41.9. The van der Waals surface area contributed by atoms with Crippen LogP contribution in [-0.2, 0) is 25.1 Å². The SMILES string of the molecule is C#Cc1cccc(Nc2ncnc3cc(OCCOC)c(OCCOC(=O)CCCCC[N+]4=C(/C=C/C=C/C=C/C=C5/N(CCCC)c6ccc(OC)cc6C5(C)C)C(C)(C)c5ccccc54)cc23)c1. The van der Waals surface area contributed by atoms with Crippen molar-refractivity contribution in [3.8, 4) is 29.6 Å². The first-order valence-electron chi connectivity index (χ1n) is 24.5. The average molecular weight is 943 g/mol. The number of unbranched alkanes of at least 4 members (excludes halogenated alkanes) is 3. The van der Waals surface area contributed by atoms with Gasteiger partial charge in [0.25, 0.3) is 0 Å². The lowest BCUT2D eigenvalue weighted by Gasteiger charge is -2.26. The molecular formula is C59H68N5O6+. The van der Waals surface area contributed by atoms with Gasteiger partial charge in [-0.05, 0) is 87.2 Å². The molecule has 0 saturated carbocycles. The van der Waals surface area contributed by atoms with Gasteiger partial charge < -0.3 is 33.9 Å². The van der Waals surface area contributed by atoms with Crippen molar-refractivity contribution in [2.75, 3.05) is 64.0 Å². The van der Waals surface area contributed by atoms with Crippen molar-refractivity contribution in [1.29, 1.82) is 0 Å². The number of carbonyl (C=O) groups excluding carboxylic acids is 1. The van der Waals surface area contributed by atoms with Gasteiger partial charge in [0.05, 0.1) is 24.6 Å². The lowest BCUT2D eigenvalue weighted by Crippen LogP contribution is -2.27. The topological polar surface area (TPSA) is 107 Å². The Morgan fingerprint density at radius 1 is 0.800 bits per heavy atom. The maximum atomic E-state index is 12.9. The van der Waals surface area contributed by atoms with E-state index in [9.17, 15) is 4.79 Å². The quantitative estimate of drug-likeness (QED) is 0.0211. The smallest absolute Gasteiger partial charge is 0.305 e. The minimum Gasteiger partial charge on any atom is -0.497 e. The van der Waals surface area contributed by atoms with E-state index in [1.165, 1.54) is 40.2 Å². The Balaban J connectivity index is 0.922. The third-order valence-electron chi connectivity index (χ3n) is 13.0. The first-order valence-corrected chi connectivity index (χ1v) is 24.5. The molecule has 7 rings (SSSR count). The fraction of sp³-hybridized carbons (Fsp3) is 0.356. The second-order valence-electron chi connectivity index (χ2n) is 18.5. The average Bonchev–Trinajstić information content (AvgIpc) is 3.71. The molecule has 0 saturated heterocycles. The molecule has 2 aliphatic rings. The van der Waals surface area contributed by atoms with Gasteiger partial charge in [0.15, 0.2) is 17.2 Å². The molecule has 0 amide bonds. The number of nitrogens with one attached hydrogen (secondary N) is 1. The minimum atomic E-state index is -0.251. The Labute approximate surface area is 414 Å². The number of benzene rings is 4. The second kappa shape index (κ2) is 23.9. The van der Waals surface area contributed by atoms with Crippen molar-refractivity contribution in [2.45, 2.75) is 84.0 Å². The van der Waals surface area contributed by atoms with Crippen LogP contribution in [0.5, 0.6) is 17.2 Å². The molecule has 0 radical (unpaired) electrons. The van der Waals surface area contributed by atoms with Crippen LogP contribution >= 0.6 is 0 Å². The van der Waals surface area contributed by atoms with Crippen LogP contribution in [0.4, 0.5) is 22.9 Å². The van der Waals surface area contributed by atoms with Crippen LogP contribution in [0.15, 0.2) is 133 Å². The number of allylic oxidation sites excluding steroid dienone is 8. The fourth-order valence-electron chi connectivity index (χ4n) is 9.25. The Morgan fingerprint density at radius 2 is 1.59 bits per heavy atom. The highest BCUT2D eigenvalue weighted by Gasteiger charge is 2.44. The van der Waals surface area contributed by atoms with Crippen molar-refractivity contribution in [2.24, 2.45) is 0 Å². The van der Waals surface area contributed by atoms with E-state index in [0.717, 1.165) is 67.6 Å². The number of ether oxygens (including phenoxy) is 5. The number of fused-ring (bicyclic) bond motifs is 3. The summed E-state index contributed by atoms with van der Waals surface area (Å²) in [5, 5.41) is 4.07. The highest BCUT2D eigenvalue weighted by Crippen LogP contribution is 2.49. The van der Waals surface area contributed by atoms with Gasteiger partial charge in [0, 0.05) is 83.7 Å². The molecule has 0 spiro atoms. The van der Waals surface area contributed by atoms with E-state index in [1.807, 2.05) is 36.4 Å². The maximum absolute atomic E-state index is 12.9. The molecule has 11 heteroatoms. The summed E-state index contributed by atoms with van der Waals surface area (Å²) in [5.41, 5.74) is 9.57. The van der Waals surface area contributed by atoms with Crippen molar-refractivity contribution in [3.63, 3.8) is 0 Å². The molecule has 1 aromatic heterocycles. The summed E-state index contributed by atoms with van der Waals surface area (Å²) in [6, 6.07) is 26.3. The molecule has 0 aliphatic carbocycles. The minimum absolute atomic E-state index is 0.0938. The molecule has 0 atom stereocenters. The monoisotopic (exact) mass is 943 g/mol. The number of hydrogen-bond acceptors (Lipinski definition) is 10. The number of para-hydroxylation sites is 1. The molecule has 5 aromatic rings. The number of hydrogen-bond donors (Lipinski definition) is 1. The predicted molar refractivity (Wildman–Crippen MR) is 283 cm³/mol. The number of anilines is 3. The van der Waals surface area contributed by atoms with Crippen LogP contribution in [0.25, 0.3) is 10.9 Å². The fourth-order valence-corrected chi connectivity index (χ4v) is 9.25. The van der Waals surface area contributed by atoms with Crippen LogP contribution in [-0.4, -0.2) is 80.0 Å². The number of terminal acetylenes is 1. The molecular weight excluding hydrogens is 875 g/mol. The van der Waals surface area contributed by atoms with Gasteiger partial charge >= 0.3 is 5.97 Å². The Morgan fingerprint density at radius 3 is 2.39 bits per heavy atom. The Bertz CT molecular complexity index is 2830. The van der Waals surface area contributed by atoms with Gasteiger partial charge in [-0.15, -0.1) is 6.42 Å². The van der Waals surface area contributed by atoms with Crippen molar-refractivity contribution >= 4 is 45.5 Å². The molecule has 0 fully saturated rings. The van der Waals surface area contributed by atoms with Gasteiger partial charge in [-0.3, -0.25) is 4.79 Å². The number of esters is 1. The highest BCUT2D eigenvalue weighted by atomic mass is 16.6. The summed E-state index contributed by atoms with van der Waals surface area (Å²) in [5.74, 6) is 4.85. The van der Waals surface area contributed by atoms with Gasteiger partial charge in [-0.25, -0.2) is 9.97 Å². The van der Waals surface area contributed by atoms with Crippen molar-refractivity contribution < 1.29 is 33.1 Å². The number of carbonyl (C=O) groups is 1. The summed E-state index contributed by atoms with van der Waals surface area (Å²) < 4.78 is 31.0. The van der Waals surface area contributed by atoms with E-state index in [2.05, 4.69) is 150 Å². The van der Waals surface area contributed by atoms with E-state index >= 15 is 0 Å². The normalized spacial score (nSPS) is 15.3. The van der Waals surface area contributed by atoms with Crippen LogP contribution in [0.1, 0.15) is 89.8 Å². The summed E-state index contributed by atoms with van der Waals surface area (Å²) in [6.45, 7) is 14.2. The Hall–Kier alpha value is -7.16. The van der Waals surface area contributed by atoms with Crippen molar-refractivity contribution in [3.05, 3.63) is 150 Å². The van der Waals surface area contributed by atoms with Crippen LogP contribution in [0.3, 0.4) is 0 Å². The molecule has 2 aliphatic heterocycles. The van der Waals surface area contributed by atoms with Crippen LogP contribution in [0.2, 0.25) is 0 Å². The van der Waals surface area contributed by atoms with E-state index in [-0.39, 0.29) is 30.0 Å². The summed E-state index contributed by atoms with van der Waals surface area (Å²) in [6.07, 6.45) is 27.4. The summed E-state index contributed by atoms with van der Waals surface area (Å²) >= 11 is 0. The molecule has 364 valence electrons. The second-order valence-corrected chi connectivity index (χ2v) is 18.5. The van der Waals surface area contributed by atoms with Gasteiger partial charge in [-0.1, -0.05) is 87.8 Å². The van der Waals surface area contributed by atoms with Gasteiger partial charge in [-0.2, -0.15) is 4.58 Å². The highest BCUT2D eigenvalue weighted by molar-refractivity contribution is 6.03. The van der Waals surface area contributed by atoms with E-state index in [0.29, 0.717) is 42.5 Å². The third kappa shape index (κ3) is 12.0. The number of nitrogens with zero attached hydrogens (tertiary/aromatic N) is 4. The molecule has 0 unspecified atom stereocenters. The van der Waals surface area contributed by atoms with Gasteiger partial charge in [0.2, 0.25) is 5.69 Å². The molecule has 70 heavy (non-hydrogen) atoms. The lowest BCUT2D eigenvalue weighted by atomic mass is 9.81. The van der Waals surface area contributed by atoms with E-state index in [1.54, 1.807) is 14.2 Å². The molecule has 11 nitrogen and oxygen atoms in total. The van der Waals surface area contributed by atoms with E-state index in [4.69, 9.17) is 30.1 Å². The van der Waals surface area contributed by atoms with Crippen LogP contribution < -0.4 is 24.4 Å². The Kier molecular flexibility index (Phi) is 17.3. The molecule has 3 heterocycles. The lowest BCUT2D eigenvalue weighted by molar-refractivity contribution is -0.438. The van der Waals surface area contributed by atoms with Crippen molar-refractivity contribution in [1.82, 2.24) is 9.97 Å². The van der Waals surface area contributed by atoms with E-state index < -0.39 is 0 Å². The van der Waals surface area contributed by atoms with Gasteiger partial charge in [0.1, 0.15) is 44.3 Å². The zero-order chi connectivity index (χ0) is 49.5. The first kappa shape index (κ1) is 50.7. The first-order chi connectivity index (χ1) is 34.0. The number of aromatic nitrogens is 2. The number of rotatable bonds is 24. The standard InChI is InChI=1S/C59H68N5O6/c1-9-11-32-63-51-31-30-45(67-8)39-48(51)59(5,6)55(63)28-17-14-12-13-16-27-54-58(3,4)47-25-19-20-26-50(47)64(54)33-21-15-18-29-56(65)70-37-36-69-52-40-46-49(41-53(52)68-35-34-66-7)60-42-61-57(46)62-44-24-22-23-43(10-2)38-44/h2,12-14,16-17,19-20,22-28,30-31,38-42H,9,11,15,18,21,29,32-37H2,1,3-8H3,(H,60,61,62)/q+1. The molecule has 0 bridgehead atoms. The number of methoxy groups -OCH3 is 2. The zero-order valence-electron chi connectivity index (χ0n) is 41.9. The van der Waals surface area contributed by atoms with Crippen LogP contribution in [0, 0.1) is 12.3 Å². The maximum Gasteiger partial charge on any atom is 0.305 e. The molecule has 1 N–H and O–H groups in total. The largest absolute Gasteiger partial charge is 0.497 e. The summed E-state index contributed by atoms with van der Waals surface area (Å²) in [4.78, 5) is 24.3. The third-order valence-corrected chi connectivity index (χ3v) is 13.0. The molecule has 4 aromatic carbocycles. The summed E-state index contributed by atoms with van der Waals surface area (Å²) in [7, 11) is 3.35. The predicted octanol–water partition coefficient (Wildman–Crippen LogP) is 12.1.